The molecule has 0 unspecified atom stereocenters. The van der Waals surface area contributed by atoms with E-state index in [2.05, 4.69) is 25.0 Å². The number of thioether (sulfide) groups is 1. The van der Waals surface area contributed by atoms with Crippen LogP contribution in [0.3, 0.4) is 0 Å². The van der Waals surface area contributed by atoms with Crippen LogP contribution < -0.4 is 10.0 Å². The molecule has 1 aromatic carbocycles. The number of nitrogens with one attached hydrogen (secondary N) is 2. The van der Waals surface area contributed by atoms with E-state index in [0.717, 1.165) is 24.1 Å². The number of carbonyl (C=O) groups is 2. The van der Waals surface area contributed by atoms with Gasteiger partial charge >= 0.3 is 5.97 Å². The fraction of sp³-hybridized carbons (Fsp3) is 0.143. The zero-order valence-corrected chi connectivity index (χ0v) is 14.8. The Bertz CT molecular complexity index is 890. The molecule has 1 saturated heterocycles. The highest BCUT2D eigenvalue weighted by molar-refractivity contribution is 8.18. The Kier molecular flexibility index (Phi) is 5.93. The Morgan fingerprint density at radius 2 is 2.08 bits per heavy atom. The van der Waals surface area contributed by atoms with Crippen LogP contribution in [0.1, 0.15) is 5.56 Å². The van der Waals surface area contributed by atoms with Gasteiger partial charge in [0.2, 0.25) is 10.0 Å². The van der Waals surface area contributed by atoms with Crippen molar-refractivity contribution >= 4 is 50.7 Å². The average Bonchev–Trinajstić information content (AvgIpc) is 2.87. The van der Waals surface area contributed by atoms with Crippen molar-refractivity contribution in [1.29, 1.82) is 0 Å². The van der Waals surface area contributed by atoms with Gasteiger partial charge in [0.1, 0.15) is 0 Å². The minimum absolute atomic E-state index is 0.139. The van der Waals surface area contributed by atoms with Gasteiger partial charge < -0.3 is 4.74 Å². The second kappa shape index (κ2) is 7.94. The third-order valence-corrected chi connectivity index (χ3v) is 4.19. The summed E-state index contributed by atoms with van der Waals surface area (Å²) < 4.78 is 29.5. The molecule has 1 fully saturated rings. The number of anilines is 1. The van der Waals surface area contributed by atoms with Crippen molar-refractivity contribution in [2.75, 3.05) is 18.1 Å². The van der Waals surface area contributed by atoms with Crippen LogP contribution in [0, 0.1) is 0 Å². The molecule has 0 radical (unpaired) electrons. The number of rotatable bonds is 5. The van der Waals surface area contributed by atoms with Crippen molar-refractivity contribution < 1.29 is 22.7 Å². The predicted octanol–water partition coefficient (Wildman–Crippen LogP) is 0.668. The lowest BCUT2D eigenvalue weighted by molar-refractivity contribution is -0.135. The highest BCUT2D eigenvalue weighted by Crippen LogP contribution is 2.23. The number of benzene rings is 1. The Labute approximate surface area is 148 Å². The first-order valence-electron chi connectivity index (χ1n) is 6.75. The topological polar surface area (TPSA) is 126 Å². The highest BCUT2D eigenvalue weighted by Gasteiger charge is 2.25. The number of amidine groups is 1. The van der Waals surface area contributed by atoms with Gasteiger partial charge in [-0.15, -0.1) is 5.10 Å². The van der Waals surface area contributed by atoms with E-state index in [0.29, 0.717) is 11.3 Å². The Morgan fingerprint density at radius 1 is 1.36 bits per heavy atom. The monoisotopic (exact) mass is 382 g/mol. The molecule has 1 heterocycles. The summed E-state index contributed by atoms with van der Waals surface area (Å²) in [5.41, 5.74) is 0.847. The summed E-state index contributed by atoms with van der Waals surface area (Å²) in [5.74, 6) is -1.13. The van der Waals surface area contributed by atoms with E-state index in [4.69, 9.17) is 0 Å². The van der Waals surface area contributed by atoms with E-state index in [1.807, 2.05) is 0 Å². The molecule has 2 rings (SSSR count). The molecule has 25 heavy (non-hydrogen) atoms. The van der Waals surface area contributed by atoms with Crippen molar-refractivity contribution in [2.24, 2.45) is 10.2 Å². The lowest BCUT2D eigenvalue weighted by Gasteiger charge is -2.06. The number of esters is 1. The fourth-order valence-corrected chi connectivity index (χ4v) is 3.01. The number of ether oxygens (including phenoxy) is 1. The average molecular weight is 382 g/mol. The van der Waals surface area contributed by atoms with Gasteiger partial charge in [0.05, 0.1) is 30.2 Å². The summed E-state index contributed by atoms with van der Waals surface area (Å²) in [6, 6.07) is 6.62. The van der Waals surface area contributed by atoms with Gasteiger partial charge in [0.25, 0.3) is 5.91 Å². The molecule has 0 saturated carbocycles. The van der Waals surface area contributed by atoms with E-state index in [1.54, 1.807) is 24.3 Å². The molecule has 0 bridgehead atoms. The lowest BCUT2D eigenvalue weighted by Crippen LogP contribution is -2.19. The minimum atomic E-state index is -3.43. The molecule has 1 aliphatic rings. The smallest absolute Gasteiger partial charge is 0.331 e. The first-order chi connectivity index (χ1) is 11.8. The van der Waals surface area contributed by atoms with Gasteiger partial charge in [0.15, 0.2) is 5.17 Å². The zero-order valence-electron chi connectivity index (χ0n) is 13.2. The minimum Gasteiger partial charge on any atom is -0.466 e. The lowest BCUT2D eigenvalue weighted by atomic mass is 10.2. The van der Waals surface area contributed by atoms with Crippen molar-refractivity contribution in [3.63, 3.8) is 0 Å². The highest BCUT2D eigenvalue weighted by atomic mass is 32.2. The van der Waals surface area contributed by atoms with E-state index < -0.39 is 21.9 Å². The van der Waals surface area contributed by atoms with Gasteiger partial charge in [-0.3, -0.25) is 14.8 Å². The fourth-order valence-electron chi connectivity index (χ4n) is 1.69. The van der Waals surface area contributed by atoms with Crippen molar-refractivity contribution in [3.8, 4) is 0 Å². The first kappa shape index (κ1) is 18.7. The van der Waals surface area contributed by atoms with Crippen LogP contribution in [0.5, 0.6) is 0 Å². The second-order valence-electron chi connectivity index (χ2n) is 4.70. The number of sulfonamides is 1. The molecule has 9 nitrogen and oxygen atoms in total. The van der Waals surface area contributed by atoms with Gasteiger partial charge in [-0.1, -0.05) is 18.2 Å². The largest absolute Gasteiger partial charge is 0.466 e. The zero-order chi connectivity index (χ0) is 18.4. The summed E-state index contributed by atoms with van der Waals surface area (Å²) in [5, 5.41) is 10.3. The maximum Gasteiger partial charge on any atom is 0.331 e. The summed E-state index contributed by atoms with van der Waals surface area (Å²) in [7, 11) is -2.22. The SMILES string of the molecule is COC(=O)/C=C1/S/C(=N\N=Cc2ccccc2NS(C)(=O)=O)NC1=O. The Balaban J connectivity index is 2.14. The quantitative estimate of drug-likeness (QED) is 0.334. The summed E-state index contributed by atoms with van der Waals surface area (Å²) in [6.07, 6.45) is 3.44. The molecular weight excluding hydrogens is 368 g/mol. The first-order valence-corrected chi connectivity index (χ1v) is 9.46. The van der Waals surface area contributed by atoms with E-state index in [9.17, 15) is 18.0 Å². The molecule has 132 valence electrons. The van der Waals surface area contributed by atoms with Crippen molar-refractivity contribution in [3.05, 3.63) is 40.8 Å². The predicted molar refractivity (Wildman–Crippen MR) is 95.8 cm³/mol. The number of hydrogen-bond donors (Lipinski definition) is 2. The maximum atomic E-state index is 11.7. The molecule has 0 atom stereocenters. The molecule has 0 spiro atoms. The third-order valence-electron chi connectivity index (χ3n) is 2.70. The Hall–Kier alpha value is -2.66. The van der Waals surface area contributed by atoms with Gasteiger partial charge in [-0.25, -0.2) is 13.2 Å². The van der Waals surface area contributed by atoms with E-state index in [1.165, 1.54) is 13.3 Å². The number of amides is 1. The number of methoxy groups -OCH3 is 1. The molecule has 2 N–H and O–H groups in total. The van der Waals surface area contributed by atoms with Gasteiger partial charge in [-0.05, 0) is 17.8 Å². The van der Waals surface area contributed by atoms with Crippen molar-refractivity contribution in [2.45, 2.75) is 0 Å². The molecule has 0 aromatic heterocycles. The summed E-state index contributed by atoms with van der Waals surface area (Å²) in [6.45, 7) is 0. The molecule has 0 aliphatic carbocycles. The third kappa shape index (κ3) is 5.72. The molecule has 11 heteroatoms. The van der Waals surface area contributed by atoms with Gasteiger partial charge in [-0.2, -0.15) is 5.10 Å². The maximum absolute atomic E-state index is 11.7. The van der Waals surface area contributed by atoms with E-state index >= 15 is 0 Å². The van der Waals surface area contributed by atoms with Crippen LogP contribution >= 0.6 is 11.8 Å². The van der Waals surface area contributed by atoms with Crippen LogP contribution in [0.4, 0.5) is 5.69 Å². The molecule has 1 amide bonds. The van der Waals surface area contributed by atoms with Crippen LogP contribution in [0.15, 0.2) is 45.4 Å². The number of para-hydroxylation sites is 1. The standard InChI is InChI=1S/C14H14N4O5S2/c1-23-12(19)7-11-13(20)16-14(24-11)17-15-8-9-5-3-4-6-10(9)18-25(2,21)22/h3-8,18H,1-2H3,(H,16,17,20)/b11-7+,15-8?. The number of nitrogens with zero attached hydrogens (tertiary/aromatic N) is 2. The molecular formula is C14H14N4O5S2. The normalized spacial score (nSPS) is 17.9. The van der Waals surface area contributed by atoms with E-state index in [-0.39, 0.29) is 10.1 Å². The van der Waals surface area contributed by atoms with Crippen LogP contribution in [0.25, 0.3) is 0 Å². The van der Waals surface area contributed by atoms with Crippen LogP contribution in [-0.4, -0.2) is 45.0 Å². The Morgan fingerprint density at radius 3 is 2.76 bits per heavy atom. The van der Waals surface area contributed by atoms with Gasteiger partial charge in [0, 0.05) is 11.6 Å². The van der Waals surface area contributed by atoms with Crippen LogP contribution in [0.2, 0.25) is 0 Å². The number of hydrogen-bond acceptors (Lipinski definition) is 8. The second-order valence-corrected chi connectivity index (χ2v) is 7.48. The van der Waals surface area contributed by atoms with Crippen molar-refractivity contribution in [1.82, 2.24) is 5.32 Å². The molecule has 1 aromatic rings. The summed E-state index contributed by atoms with van der Waals surface area (Å²) >= 11 is 0.936. The summed E-state index contributed by atoms with van der Waals surface area (Å²) in [4.78, 5) is 23.0. The number of carbonyl (C=O) groups excluding carboxylic acids is 2. The van der Waals surface area contributed by atoms with Crippen LogP contribution in [-0.2, 0) is 24.3 Å². The molecule has 1 aliphatic heterocycles.